The monoisotopic (exact) mass is 309 g/mol. The standard InChI is InChI=1S/C15H20ClN3O2/c1-10-7-15(21)19(9-10)6-2-3-14(20)18-13-5-4-11(16)8-12(13)17/h4-5,8,10H,2-3,6-7,9,17H2,1H3,(H,18,20). The molecule has 1 fully saturated rings. The largest absolute Gasteiger partial charge is 0.397 e. The first kappa shape index (κ1) is 15.6. The summed E-state index contributed by atoms with van der Waals surface area (Å²) in [6.45, 7) is 3.49. The van der Waals surface area contributed by atoms with Gasteiger partial charge in [-0.2, -0.15) is 0 Å². The molecule has 1 aromatic rings. The molecule has 21 heavy (non-hydrogen) atoms. The Morgan fingerprint density at radius 1 is 1.52 bits per heavy atom. The zero-order valence-corrected chi connectivity index (χ0v) is 12.8. The molecule has 1 heterocycles. The van der Waals surface area contributed by atoms with Crippen LogP contribution in [0.3, 0.4) is 0 Å². The summed E-state index contributed by atoms with van der Waals surface area (Å²) in [7, 11) is 0. The van der Waals surface area contributed by atoms with Crippen molar-refractivity contribution in [2.45, 2.75) is 26.2 Å². The van der Waals surface area contributed by atoms with Gasteiger partial charge in [-0.1, -0.05) is 18.5 Å². The highest BCUT2D eigenvalue weighted by Crippen LogP contribution is 2.23. The summed E-state index contributed by atoms with van der Waals surface area (Å²) in [5.41, 5.74) is 6.79. The van der Waals surface area contributed by atoms with Crippen molar-refractivity contribution in [2.75, 3.05) is 24.1 Å². The number of hydrogen-bond acceptors (Lipinski definition) is 3. The van der Waals surface area contributed by atoms with E-state index in [0.29, 0.717) is 48.1 Å². The number of carbonyl (C=O) groups is 2. The molecule has 5 nitrogen and oxygen atoms in total. The Labute approximate surface area is 129 Å². The number of likely N-dealkylation sites (tertiary alicyclic amines) is 1. The quantitative estimate of drug-likeness (QED) is 0.821. The minimum Gasteiger partial charge on any atom is -0.397 e. The minimum absolute atomic E-state index is 0.108. The summed E-state index contributed by atoms with van der Waals surface area (Å²) in [4.78, 5) is 25.3. The second kappa shape index (κ2) is 6.80. The van der Waals surface area contributed by atoms with Crippen LogP contribution in [0.25, 0.3) is 0 Å². The van der Waals surface area contributed by atoms with Gasteiger partial charge in [0, 0.05) is 31.0 Å². The molecule has 1 saturated heterocycles. The number of nitrogens with one attached hydrogen (secondary N) is 1. The number of carbonyl (C=O) groups excluding carboxylic acids is 2. The zero-order valence-electron chi connectivity index (χ0n) is 12.1. The summed E-state index contributed by atoms with van der Waals surface area (Å²) < 4.78 is 0. The summed E-state index contributed by atoms with van der Waals surface area (Å²) in [5, 5.41) is 3.29. The van der Waals surface area contributed by atoms with E-state index in [-0.39, 0.29) is 11.8 Å². The van der Waals surface area contributed by atoms with Gasteiger partial charge in [0.25, 0.3) is 0 Å². The Kier molecular flexibility index (Phi) is 5.07. The lowest BCUT2D eigenvalue weighted by molar-refractivity contribution is -0.128. The molecule has 1 aliphatic rings. The third-order valence-electron chi connectivity index (χ3n) is 3.53. The van der Waals surface area contributed by atoms with E-state index in [1.807, 2.05) is 4.90 Å². The predicted octanol–water partition coefficient (Wildman–Crippen LogP) is 2.51. The van der Waals surface area contributed by atoms with Crippen LogP contribution in [-0.4, -0.2) is 29.8 Å². The first-order valence-electron chi connectivity index (χ1n) is 7.08. The van der Waals surface area contributed by atoms with E-state index < -0.39 is 0 Å². The van der Waals surface area contributed by atoms with E-state index in [0.717, 1.165) is 6.54 Å². The molecule has 0 aliphatic carbocycles. The maximum absolute atomic E-state index is 11.9. The zero-order chi connectivity index (χ0) is 15.4. The minimum atomic E-state index is -0.108. The van der Waals surface area contributed by atoms with Gasteiger partial charge in [-0.25, -0.2) is 0 Å². The number of benzene rings is 1. The Morgan fingerprint density at radius 2 is 2.29 bits per heavy atom. The molecule has 0 radical (unpaired) electrons. The van der Waals surface area contributed by atoms with Gasteiger partial charge in [-0.15, -0.1) is 0 Å². The molecule has 0 bridgehead atoms. The van der Waals surface area contributed by atoms with Crippen LogP contribution >= 0.6 is 11.6 Å². The van der Waals surface area contributed by atoms with Crippen molar-refractivity contribution in [3.05, 3.63) is 23.2 Å². The molecular formula is C15H20ClN3O2. The number of halogens is 1. The van der Waals surface area contributed by atoms with Gasteiger partial charge in [0.15, 0.2) is 0 Å². The van der Waals surface area contributed by atoms with Crippen LogP contribution < -0.4 is 11.1 Å². The number of nitrogens with zero attached hydrogens (tertiary/aromatic N) is 1. The van der Waals surface area contributed by atoms with Crippen LogP contribution in [-0.2, 0) is 9.59 Å². The van der Waals surface area contributed by atoms with E-state index in [9.17, 15) is 9.59 Å². The molecule has 0 saturated carbocycles. The van der Waals surface area contributed by atoms with Gasteiger partial charge in [0.2, 0.25) is 11.8 Å². The summed E-state index contributed by atoms with van der Waals surface area (Å²) in [6.07, 6.45) is 1.63. The van der Waals surface area contributed by atoms with E-state index in [2.05, 4.69) is 12.2 Å². The molecule has 0 spiro atoms. The highest BCUT2D eigenvalue weighted by Gasteiger charge is 2.25. The molecule has 2 rings (SSSR count). The highest BCUT2D eigenvalue weighted by atomic mass is 35.5. The first-order chi connectivity index (χ1) is 9.95. The van der Waals surface area contributed by atoms with Crippen molar-refractivity contribution < 1.29 is 9.59 Å². The second-order valence-corrected chi connectivity index (χ2v) is 5.97. The second-order valence-electron chi connectivity index (χ2n) is 5.53. The van der Waals surface area contributed by atoms with Crippen LogP contribution in [0.4, 0.5) is 11.4 Å². The molecule has 6 heteroatoms. The fourth-order valence-corrected chi connectivity index (χ4v) is 2.66. The number of nitrogen functional groups attached to an aromatic ring is 1. The van der Waals surface area contributed by atoms with Crippen molar-refractivity contribution in [2.24, 2.45) is 5.92 Å². The third-order valence-corrected chi connectivity index (χ3v) is 3.76. The van der Waals surface area contributed by atoms with Crippen molar-refractivity contribution in [1.29, 1.82) is 0 Å². The number of anilines is 2. The molecular weight excluding hydrogens is 290 g/mol. The van der Waals surface area contributed by atoms with Crippen LogP contribution in [0.15, 0.2) is 18.2 Å². The Bertz CT molecular complexity index is 548. The van der Waals surface area contributed by atoms with Crippen LogP contribution in [0.2, 0.25) is 5.02 Å². The van der Waals surface area contributed by atoms with Gasteiger partial charge >= 0.3 is 0 Å². The van der Waals surface area contributed by atoms with Gasteiger partial charge < -0.3 is 16.0 Å². The molecule has 2 amide bonds. The van der Waals surface area contributed by atoms with E-state index in [1.165, 1.54) is 0 Å². The molecule has 0 aromatic heterocycles. The molecule has 1 atom stereocenters. The van der Waals surface area contributed by atoms with Crippen molar-refractivity contribution in [3.8, 4) is 0 Å². The maximum Gasteiger partial charge on any atom is 0.224 e. The van der Waals surface area contributed by atoms with Gasteiger partial charge in [-0.3, -0.25) is 9.59 Å². The molecule has 1 unspecified atom stereocenters. The number of hydrogen-bond donors (Lipinski definition) is 2. The lowest BCUT2D eigenvalue weighted by Gasteiger charge is -2.15. The fourth-order valence-electron chi connectivity index (χ4n) is 2.48. The third kappa shape index (κ3) is 4.36. The predicted molar refractivity (Wildman–Crippen MR) is 84.1 cm³/mol. The van der Waals surface area contributed by atoms with E-state index in [1.54, 1.807) is 18.2 Å². The maximum atomic E-state index is 11.9. The van der Waals surface area contributed by atoms with Crippen LogP contribution in [0, 0.1) is 5.92 Å². The average Bonchev–Trinajstić information content (AvgIpc) is 2.71. The smallest absolute Gasteiger partial charge is 0.224 e. The Balaban J connectivity index is 1.76. The average molecular weight is 310 g/mol. The number of amides is 2. The van der Waals surface area contributed by atoms with Gasteiger partial charge in [0.1, 0.15) is 0 Å². The number of rotatable bonds is 5. The molecule has 1 aromatic carbocycles. The summed E-state index contributed by atoms with van der Waals surface area (Å²) in [5.74, 6) is 0.494. The van der Waals surface area contributed by atoms with Crippen molar-refractivity contribution >= 4 is 34.8 Å². The van der Waals surface area contributed by atoms with Gasteiger partial charge in [0.05, 0.1) is 11.4 Å². The van der Waals surface area contributed by atoms with Gasteiger partial charge in [-0.05, 0) is 30.5 Å². The molecule has 3 N–H and O–H groups in total. The topological polar surface area (TPSA) is 75.4 Å². The number of nitrogens with two attached hydrogens (primary N) is 1. The summed E-state index contributed by atoms with van der Waals surface area (Å²) >= 11 is 5.81. The molecule has 114 valence electrons. The van der Waals surface area contributed by atoms with Crippen molar-refractivity contribution in [1.82, 2.24) is 4.90 Å². The first-order valence-corrected chi connectivity index (χ1v) is 7.46. The van der Waals surface area contributed by atoms with E-state index >= 15 is 0 Å². The molecule has 1 aliphatic heterocycles. The Morgan fingerprint density at radius 3 is 2.90 bits per heavy atom. The fraction of sp³-hybridized carbons (Fsp3) is 0.467. The lowest BCUT2D eigenvalue weighted by Crippen LogP contribution is -2.27. The van der Waals surface area contributed by atoms with Crippen LogP contribution in [0.1, 0.15) is 26.2 Å². The normalized spacial score (nSPS) is 18.1. The van der Waals surface area contributed by atoms with Crippen LogP contribution in [0.5, 0.6) is 0 Å². The Hall–Kier alpha value is -1.75. The van der Waals surface area contributed by atoms with E-state index in [4.69, 9.17) is 17.3 Å². The SMILES string of the molecule is CC1CC(=O)N(CCCC(=O)Nc2ccc(Cl)cc2N)C1. The summed E-state index contributed by atoms with van der Waals surface area (Å²) in [6, 6.07) is 4.96. The lowest BCUT2D eigenvalue weighted by atomic mass is 10.2. The highest BCUT2D eigenvalue weighted by molar-refractivity contribution is 6.31. The van der Waals surface area contributed by atoms with Crippen molar-refractivity contribution in [3.63, 3.8) is 0 Å².